The second-order valence-electron chi connectivity index (χ2n) is 4.98. The highest BCUT2D eigenvalue weighted by atomic mass is 16.5. The molecule has 0 spiro atoms. The summed E-state index contributed by atoms with van der Waals surface area (Å²) in [6, 6.07) is 6.44. The smallest absolute Gasteiger partial charge is 0.310 e. The maximum Gasteiger partial charge on any atom is 0.310 e. The van der Waals surface area contributed by atoms with E-state index < -0.39 is 0 Å². The molecule has 1 fully saturated rings. The maximum atomic E-state index is 12.0. The van der Waals surface area contributed by atoms with Crippen molar-refractivity contribution in [1.82, 2.24) is 5.32 Å². The Bertz CT molecular complexity index is 442. The second-order valence-corrected chi connectivity index (χ2v) is 4.98. The maximum absolute atomic E-state index is 12.0. The monoisotopic (exact) mass is 247 g/mol. The van der Waals surface area contributed by atoms with E-state index in [9.17, 15) is 4.79 Å². The number of hydrogen-bond donors (Lipinski definition) is 1. The van der Waals surface area contributed by atoms with Crippen molar-refractivity contribution in [2.75, 3.05) is 19.7 Å². The Balaban J connectivity index is 2.25. The Morgan fingerprint density at radius 3 is 2.89 bits per heavy atom. The van der Waals surface area contributed by atoms with Crippen molar-refractivity contribution >= 4 is 5.97 Å². The van der Waals surface area contributed by atoms with Gasteiger partial charge in [-0.3, -0.25) is 4.79 Å². The van der Waals surface area contributed by atoms with Crippen LogP contribution in [0.25, 0.3) is 0 Å². The van der Waals surface area contributed by atoms with Crippen molar-refractivity contribution in [3.8, 4) is 0 Å². The summed E-state index contributed by atoms with van der Waals surface area (Å²) in [6.45, 7) is 8.08. The highest BCUT2D eigenvalue weighted by molar-refractivity contribution is 5.74. The summed E-state index contributed by atoms with van der Waals surface area (Å²) >= 11 is 0. The molecule has 1 N–H and O–H groups in total. The average molecular weight is 247 g/mol. The zero-order valence-corrected chi connectivity index (χ0v) is 11.3. The molecular weight excluding hydrogens is 226 g/mol. The topological polar surface area (TPSA) is 38.3 Å². The van der Waals surface area contributed by atoms with Crippen molar-refractivity contribution < 1.29 is 9.53 Å². The summed E-state index contributed by atoms with van der Waals surface area (Å²) in [7, 11) is 0. The number of carbonyl (C=O) groups is 1. The van der Waals surface area contributed by atoms with E-state index in [2.05, 4.69) is 37.4 Å². The van der Waals surface area contributed by atoms with Crippen molar-refractivity contribution in [1.29, 1.82) is 0 Å². The van der Waals surface area contributed by atoms with Crippen LogP contribution in [-0.2, 0) is 9.53 Å². The van der Waals surface area contributed by atoms with Crippen molar-refractivity contribution in [3.63, 3.8) is 0 Å². The Hall–Kier alpha value is -1.35. The Kier molecular flexibility index (Phi) is 4.02. The number of rotatable bonds is 3. The van der Waals surface area contributed by atoms with Gasteiger partial charge in [-0.1, -0.05) is 23.8 Å². The molecule has 0 bridgehead atoms. The van der Waals surface area contributed by atoms with Gasteiger partial charge in [-0.05, 0) is 31.9 Å². The van der Waals surface area contributed by atoms with Gasteiger partial charge in [-0.25, -0.2) is 0 Å². The summed E-state index contributed by atoms with van der Waals surface area (Å²) in [4.78, 5) is 12.0. The average Bonchev–Trinajstić information content (AvgIpc) is 2.81. The molecule has 3 nitrogen and oxygen atoms in total. The zero-order valence-electron chi connectivity index (χ0n) is 11.3. The fourth-order valence-corrected chi connectivity index (χ4v) is 2.66. The molecule has 0 radical (unpaired) electrons. The molecule has 0 aliphatic carbocycles. The van der Waals surface area contributed by atoms with Crippen LogP contribution in [-0.4, -0.2) is 25.7 Å². The molecule has 1 saturated heterocycles. The number of aryl methyl sites for hydroxylation is 2. The number of benzene rings is 1. The molecule has 1 aromatic carbocycles. The van der Waals surface area contributed by atoms with E-state index in [-0.39, 0.29) is 17.8 Å². The van der Waals surface area contributed by atoms with E-state index in [0.29, 0.717) is 6.61 Å². The third-order valence-electron chi connectivity index (χ3n) is 3.64. The molecule has 1 aliphatic rings. The third kappa shape index (κ3) is 2.56. The summed E-state index contributed by atoms with van der Waals surface area (Å²) in [6.07, 6.45) is 0. The summed E-state index contributed by atoms with van der Waals surface area (Å²) < 4.78 is 5.17. The van der Waals surface area contributed by atoms with E-state index in [1.54, 1.807) is 0 Å². The second kappa shape index (κ2) is 5.53. The molecule has 1 heterocycles. The number of esters is 1. The van der Waals surface area contributed by atoms with Gasteiger partial charge < -0.3 is 10.1 Å². The largest absolute Gasteiger partial charge is 0.466 e. The quantitative estimate of drug-likeness (QED) is 0.832. The van der Waals surface area contributed by atoms with Crippen LogP contribution >= 0.6 is 0 Å². The molecule has 18 heavy (non-hydrogen) atoms. The van der Waals surface area contributed by atoms with E-state index >= 15 is 0 Å². The van der Waals surface area contributed by atoms with Crippen LogP contribution in [0.1, 0.15) is 29.5 Å². The SMILES string of the molecule is CCOC(=O)C1CNCC1c1cc(C)ccc1C. The summed E-state index contributed by atoms with van der Waals surface area (Å²) in [5.74, 6) is 0.114. The number of carbonyl (C=O) groups excluding carboxylic acids is 1. The first-order chi connectivity index (χ1) is 8.63. The van der Waals surface area contributed by atoms with Crippen LogP contribution < -0.4 is 5.32 Å². The lowest BCUT2D eigenvalue weighted by Crippen LogP contribution is -2.24. The number of ether oxygens (including phenoxy) is 1. The van der Waals surface area contributed by atoms with Gasteiger partial charge in [0.25, 0.3) is 0 Å². The van der Waals surface area contributed by atoms with E-state index in [4.69, 9.17) is 4.74 Å². The minimum absolute atomic E-state index is 0.0505. The molecule has 98 valence electrons. The molecular formula is C15H21NO2. The Labute approximate surface area is 109 Å². The standard InChI is InChI=1S/C15H21NO2/c1-4-18-15(17)14-9-16-8-13(14)12-7-10(2)5-6-11(12)3/h5-7,13-14,16H,4,8-9H2,1-3H3. The van der Waals surface area contributed by atoms with E-state index in [1.165, 1.54) is 16.7 Å². The van der Waals surface area contributed by atoms with Crippen LogP contribution in [0, 0.1) is 19.8 Å². The van der Waals surface area contributed by atoms with E-state index in [0.717, 1.165) is 13.1 Å². The molecule has 3 heteroatoms. The first-order valence-electron chi connectivity index (χ1n) is 6.58. The lowest BCUT2D eigenvalue weighted by atomic mass is 9.85. The van der Waals surface area contributed by atoms with Crippen molar-refractivity contribution in [3.05, 3.63) is 34.9 Å². The van der Waals surface area contributed by atoms with Crippen molar-refractivity contribution in [2.45, 2.75) is 26.7 Å². The van der Waals surface area contributed by atoms with E-state index in [1.807, 2.05) is 6.92 Å². The molecule has 2 atom stereocenters. The molecule has 1 aliphatic heterocycles. The first-order valence-corrected chi connectivity index (χ1v) is 6.58. The molecule has 1 aromatic rings. The molecule has 0 aromatic heterocycles. The summed E-state index contributed by atoms with van der Waals surface area (Å²) in [5, 5.41) is 3.31. The number of hydrogen-bond acceptors (Lipinski definition) is 3. The highest BCUT2D eigenvalue weighted by Gasteiger charge is 2.35. The van der Waals surface area contributed by atoms with Crippen LogP contribution in [0.5, 0.6) is 0 Å². The van der Waals surface area contributed by atoms with Gasteiger partial charge in [-0.2, -0.15) is 0 Å². The van der Waals surface area contributed by atoms with Crippen LogP contribution in [0.4, 0.5) is 0 Å². The van der Waals surface area contributed by atoms with Crippen LogP contribution in [0.3, 0.4) is 0 Å². The third-order valence-corrected chi connectivity index (χ3v) is 3.64. The van der Waals surface area contributed by atoms with Gasteiger partial charge in [0, 0.05) is 19.0 Å². The van der Waals surface area contributed by atoms with Gasteiger partial charge >= 0.3 is 5.97 Å². The Morgan fingerprint density at radius 2 is 2.17 bits per heavy atom. The lowest BCUT2D eigenvalue weighted by Gasteiger charge is -2.19. The van der Waals surface area contributed by atoms with Gasteiger partial charge in [0.15, 0.2) is 0 Å². The van der Waals surface area contributed by atoms with Gasteiger partial charge in [-0.15, -0.1) is 0 Å². The molecule has 0 saturated carbocycles. The van der Waals surface area contributed by atoms with Crippen LogP contribution in [0.2, 0.25) is 0 Å². The Morgan fingerprint density at radius 1 is 1.39 bits per heavy atom. The van der Waals surface area contributed by atoms with Gasteiger partial charge in [0.05, 0.1) is 12.5 Å². The lowest BCUT2D eigenvalue weighted by molar-refractivity contribution is -0.147. The fraction of sp³-hybridized carbons (Fsp3) is 0.533. The predicted octanol–water partition coefficient (Wildman–Crippen LogP) is 2.17. The first kappa shape index (κ1) is 13.1. The van der Waals surface area contributed by atoms with Gasteiger partial charge in [0.2, 0.25) is 0 Å². The zero-order chi connectivity index (χ0) is 13.1. The minimum Gasteiger partial charge on any atom is -0.466 e. The normalized spacial score (nSPS) is 23.1. The predicted molar refractivity (Wildman–Crippen MR) is 71.6 cm³/mol. The minimum atomic E-state index is -0.0755. The van der Waals surface area contributed by atoms with Crippen LogP contribution in [0.15, 0.2) is 18.2 Å². The highest BCUT2D eigenvalue weighted by Crippen LogP contribution is 2.31. The fourth-order valence-electron chi connectivity index (χ4n) is 2.66. The summed E-state index contributed by atoms with van der Waals surface area (Å²) in [5.41, 5.74) is 3.77. The van der Waals surface area contributed by atoms with Crippen molar-refractivity contribution in [2.24, 2.45) is 5.92 Å². The molecule has 2 unspecified atom stereocenters. The van der Waals surface area contributed by atoms with Gasteiger partial charge in [0.1, 0.15) is 0 Å². The molecule has 0 amide bonds. The molecule has 2 rings (SSSR count). The number of nitrogens with one attached hydrogen (secondary N) is 1.